The maximum absolute atomic E-state index is 13.6. The van der Waals surface area contributed by atoms with Crippen molar-refractivity contribution in [3.8, 4) is 0 Å². The first-order chi connectivity index (χ1) is 15.8. The van der Waals surface area contributed by atoms with Gasteiger partial charge in [-0.05, 0) is 48.4 Å². The fraction of sp³-hybridized carbons (Fsp3) is 0.0800. The van der Waals surface area contributed by atoms with Gasteiger partial charge in [-0.3, -0.25) is 14.5 Å². The highest BCUT2D eigenvalue weighted by molar-refractivity contribution is 9.10. The summed E-state index contributed by atoms with van der Waals surface area (Å²) in [5.74, 6) is -0.522. The van der Waals surface area contributed by atoms with Gasteiger partial charge in [0, 0.05) is 15.1 Å². The van der Waals surface area contributed by atoms with E-state index in [9.17, 15) is 9.59 Å². The molecule has 2 amide bonds. The molecule has 0 spiro atoms. The van der Waals surface area contributed by atoms with Crippen LogP contribution in [0.25, 0.3) is 5.57 Å². The van der Waals surface area contributed by atoms with Crippen molar-refractivity contribution in [1.29, 1.82) is 0 Å². The molecule has 1 fully saturated rings. The third-order valence-electron chi connectivity index (χ3n) is 5.56. The van der Waals surface area contributed by atoms with E-state index in [4.69, 9.17) is 23.8 Å². The molecule has 0 aromatic heterocycles. The molecular formula is C25H16BrClN2O2S2. The summed E-state index contributed by atoms with van der Waals surface area (Å²) in [6, 6.07) is 20.7. The number of hydrogen-bond acceptors (Lipinski definition) is 4. The Morgan fingerprint density at radius 1 is 1.00 bits per heavy atom. The second kappa shape index (κ2) is 8.72. The Balaban J connectivity index is 1.57. The smallest absolute Gasteiger partial charge is 0.271 e. The van der Waals surface area contributed by atoms with Crippen molar-refractivity contribution >= 4 is 84.6 Å². The van der Waals surface area contributed by atoms with E-state index < -0.39 is 0 Å². The topological polar surface area (TPSA) is 40.6 Å². The Labute approximate surface area is 214 Å². The molecule has 0 unspecified atom stereocenters. The molecule has 0 N–H and O–H groups in total. The van der Waals surface area contributed by atoms with Gasteiger partial charge in [-0.25, -0.2) is 0 Å². The van der Waals surface area contributed by atoms with Crippen LogP contribution in [-0.4, -0.2) is 16.1 Å². The number of amides is 2. The summed E-state index contributed by atoms with van der Waals surface area (Å²) in [7, 11) is 0. The van der Waals surface area contributed by atoms with Crippen molar-refractivity contribution in [3.63, 3.8) is 0 Å². The summed E-state index contributed by atoms with van der Waals surface area (Å²) in [5, 5.41) is 0.552. The molecule has 4 nitrogen and oxygen atoms in total. The van der Waals surface area contributed by atoms with Gasteiger partial charge in [-0.1, -0.05) is 87.9 Å². The lowest BCUT2D eigenvalue weighted by Crippen LogP contribution is -2.29. The van der Waals surface area contributed by atoms with E-state index in [1.165, 1.54) is 4.90 Å². The van der Waals surface area contributed by atoms with Crippen LogP contribution >= 0.6 is 51.5 Å². The number of aryl methyl sites for hydroxylation is 1. The molecule has 2 heterocycles. The van der Waals surface area contributed by atoms with Gasteiger partial charge in [0.15, 0.2) is 4.32 Å². The van der Waals surface area contributed by atoms with Gasteiger partial charge in [-0.2, -0.15) is 0 Å². The summed E-state index contributed by atoms with van der Waals surface area (Å²) < 4.78 is 1.32. The molecule has 5 rings (SSSR count). The van der Waals surface area contributed by atoms with E-state index in [1.54, 1.807) is 11.0 Å². The lowest BCUT2D eigenvalue weighted by atomic mass is 10.1. The Hall–Kier alpha value is -2.45. The second-order valence-corrected chi connectivity index (χ2v) is 10.7. The number of fused-ring (bicyclic) bond motifs is 1. The van der Waals surface area contributed by atoms with Crippen LogP contribution in [0.15, 0.2) is 76.1 Å². The Bertz CT molecular complexity index is 1390. The minimum atomic E-state index is -0.313. The molecule has 8 heteroatoms. The van der Waals surface area contributed by atoms with Crippen LogP contribution in [0.4, 0.5) is 11.4 Å². The van der Waals surface area contributed by atoms with E-state index in [2.05, 4.69) is 15.9 Å². The number of thiocarbonyl (C=S) groups is 1. The van der Waals surface area contributed by atoms with Gasteiger partial charge in [0.1, 0.15) is 0 Å². The van der Waals surface area contributed by atoms with Crippen LogP contribution < -0.4 is 9.80 Å². The summed E-state index contributed by atoms with van der Waals surface area (Å²) in [5.41, 5.74) is 4.39. The van der Waals surface area contributed by atoms with Gasteiger partial charge in [-0.15, -0.1) is 0 Å². The zero-order valence-corrected chi connectivity index (χ0v) is 21.3. The SMILES string of the molecule is Cc1ccc(N2C(=O)C(=C3C(=O)N(Cc4cccc(Br)c4)c4ccccc43)SC2=S)cc1Cl. The number of thioether (sulfide) groups is 1. The van der Waals surface area contributed by atoms with Gasteiger partial charge in [0.2, 0.25) is 0 Å². The van der Waals surface area contributed by atoms with E-state index in [0.717, 1.165) is 38.6 Å². The maximum atomic E-state index is 13.6. The highest BCUT2D eigenvalue weighted by Gasteiger charge is 2.42. The van der Waals surface area contributed by atoms with Crippen LogP contribution in [0.5, 0.6) is 0 Å². The summed E-state index contributed by atoms with van der Waals surface area (Å²) in [6.45, 7) is 2.29. The van der Waals surface area contributed by atoms with E-state index in [1.807, 2.05) is 67.6 Å². The lowest BCUT2D eigenvalue weighted by Gasteiger charge is -2.17. The van der Waals surface area contributed by atoms with Crippen LogP contribution in [-0.2, 0) is 16.1 Å². The number of carbonyl (C=O) groups is 2. The van der Waals surface area contributed by atoms with Crippen molar-refractivity contribution in [2.45, 2.75) is 13.5 Å². The minimum Gasteiger partial charge on any atom is -0.303 e. The third-order valence-corrected chi connectivity index (χ3v) is 7.84. The van der Waals surface area contributed by atoms with Crippen molar-refractivity contribution in [2.75, 3.05) is 9.80 Å². The van der Waals surface area contributed by atoms with Crippen LogP contribution in [0.1, 0.15) is 16.7 Å². The average Bonchev–Trinajstić information content (AvgIpc) is 3.23. The highest BCUT2D eigenvalue weighted by Crippen LogP contribution is 2.46. The van der Waals surface area contributed by atoms with Crippen molar-refractivity contribution in [1.82, 2.24) is 0 Å². The molecule has 3 aromatic rings. The van der Waals surface area contributed by atoms with Crippen molar-refractivity contribution < 1.29 is 9.59 Å². The third kappa shape index (κ3) is 3.93. The number of rotatable bonds is 3. The van der Waals surface area contributed by atoms with Crippen molar-refractivity contribution in [3.05, 3.63) is 97.8 Å². The van der Waals surface area contributed by atoms with Gasteiger partial charge in [0.25, 0.3) is 11.8 Å². The molecule has 0 aliphatic carbocycles. The molecule has 3 aromatic carbocycles. The molecule has 33 heavy (non-hydrogen) atoms. The van der Waals surface area contributed by atoms with Crippen LogP contribution in [0.3, 0.4) is 0 Å². The minimum absolute atomic E-state index is 0.210. The normalized spacial score (nSPS) is 17.8. The number of carbonyl (C=O) groups excluding carboxylic acids is 2. The fourth-order valence-electron chi connectivity index (χ4n) is 3.94. The van der Waals surface area contributed by atoms with E-state index >= 15 is 0 Å². The summed E-state index contributed by atoms with van der Waals surface area (Å²) >= 11 is 16.5. The molecule has 0 saturated carbocycles. The Morgan fingerprint density at radius 2 is 1.79 bits per heavy atom. The molecule has 0 bridgehead atoms. The summed E-state index contributed by atoms with van der Waals surface area (Å²) in [4.78, 5) is 30.6. The molecule has 1 saturated heterocycles. The molecule has 2 aliphatic heterocycles. The number of benzene rings is 3. The summed E-state index contributed by atoms with van der Waals surface area (Å²) in [6.07, 6.45) is 0. The lowest BCUT2D eigenvalue weighted by molar-refractivity contribution is -0.115. The Morgan fingerprint density at radius 3 is 2.55 bits per heavy atom. The number of halogens is 2. The first kappa shape index (κ1) is 22.3. The average molecular weight is 556 g/mol. The predicted molar refractivity (Wildman–Crippen MR) is 143 cm³/mol. The first-order valence-corrected chi connectivity index (χ1v) is 12.5. The first-order valence-electron chi connectivity index (χ1n) is 10.1. The zero-order valence-electron chi connectivity index (χ0n) is 17.3. The van der Waals surface area contributed by atoms with Crippen LogP contribution in [0, 0.1) is 6.92 Å². The van der Waals surface area contributed by atoms with E-state index in [0.29, 0.717) is 32.1 Å². The quantitative estimate of drug-likeness (QED) is 0.265. The molecule has 164 valence electrons. The standard InChI is InChI=1S/C25H16BrClN2O2S2/c1-14-9-10-17(12-19(14)27)29-24(31)22(33-25(29)32)21-18-7-2-3-8-20(18)28(23(21)30)13-15-5-4-6-16(26)11-15/h2-12H,13H2,1H3. The Kier molecular flexibility index (Phi) is 5.91. The fourth-order valence-corrected chi connectivity index (χ4v) is 5.93. The van der Waals surface area contributed by atoms with Gasteiger partial charge < -0.3 is 4.90 Å². The zero-order chi connectivity index (χ0) is 23.3. The van der Waals surface area contributed by atoms with E-state index in [-0.39, 0.29) is 11.8 Å². The number of anilines is 2. The number of para-hydroxylation sites is 1. The number of hydrogen-bond donors (Lipinski definition) is 0. The highest BCUT2D eigenvalue weighted by atomic mass is 79.9. The van der Waals surface area contributed by atoms with Gasteiger partial charge in [0.05, 0.1) is 28.4 Å². The molecule has 0 atom stereocenters. The largest absolute Gasteiger partial charge is 0.303 e. The monoisotopic (exact) mass is 554 g/mol. The predicted octanol–water partition coefficient (Wildman–Crippen LogP) is 6.73. The number of nitrogens with zero attached hydrogens (tertiary/aromatic N) is 2. The van der Waals surface area contributed by atoms with Crippen LogP contribution in [0.2, 0.25) is 5.02 Å². The van der Waals surface area contributed by atoms with Crippen molar-refractivity contribution in [2.24, 2.45) is 0 Å². The second-order valence-electron chi connectivity index (χ2n) is 7.68. The maximum Gasteiger partial charge on any atom is 0.271 e. The molecular weight excluding hydrogens is 540 g/mol. The molecule has 0 radical (unpaired) electrons. The molecule has 2 aliphatic rings. The van der Waals surface area contributed by atoms with Gasteiger partial charge >= 0.3 is 0 Å².